The van der Waals surface area contributed by atoms with Crippen molar-refractivity contribution in [3.63, 3.8) is 0 Å². The highest BCUT2D eigenvalue weighted by atomic mass is 15.1. The Hall–Kier alpha value is -0.810. The van der Waals surface area contributed by atoms with E-state index in [1.807, 2.05) is 0 Å². The summed E-state index contributed by atoms with van der Waals surface area (Å²) in [6.07, 6.45) is 7.30. The quantitative estimate of drug-likeness (QED) is 0.504. The maximum absolute atomic E-state index is 5.11. The first-order chi connectivity index (χ1) is 5.33. The first kappa shape index (κ1) is 8.29. The highest BCUT2D eigenvalue weighted by Gasteiger charge is 2.09. The van der Waals surface area contributed by atoms with E-state index in [1.54, 1.807) is 0 Å². The van der Waals surface area contributed by atoms with Crippen LogP contribution in [0.4, 0.5) is 0 Å². The molecule has 0 aliphatic carbocycles. The van der Waals surface area contributed by atoms with Gasteiger partial charge in [-0.15, -0.1) is 6.42 Å². The van der Waals surface area contributed by atoms with E-state index >= 15 is 0 Å². The van der Waals surface area contributed by atoms with Crippen molar-refractivity contribution < 1.29 is 0 Å². The van der Waals surface area contributed by atoms with Gasteiger partial charge in [0, 0.05) is 18.8 Å². The molecule has 0 spiro atoms. The molecule has 1 fully saturated rings. The summed E-state index contributed by atoms with van der Waals surface area (Å²) in [5.41, 5.74) is 1.29. The van der Waals surface area contributed by atoms with Crippen LogP contribution in [-0.2, 0) is 0 Å². The highest BCUT2D eigenvalue weighted by Crippen LogP contribution is 2.04. The fourth-order valence-corrected chi connectivity index (χ4v) is 1.19. The second-order valence-electron chi connectivity index (χ2n) is 2.89. The third kappa shape index (κ3) is 2.73. The fourth-order valence-electron chi connectivity index (χ4n) is 1.19. The number of nitrogens with zero attached hydrogens (tertiary/aromatic N) is 2. The first-order valence-corrected chi connectivity index (χ1v) is 3.97. The SMILES string of the molecule is C#CCN=C1CCN(C)CC1. The highest BCUT2D eigenvalue weighted by molar-refractivity contribution is 5.85. The van der Waals surface area contributed by atoms with Crippen LogP contribution < -0.4 is 0 Å². The van der Waals surface area contributed by atoms with Crippen molar-refractivity contribution in [1.82, 2.24) is 4.90 Å². The largest absolute Gasteiger partial charge is 0.306 e. The Morgan fingerprint density at radius 2 is 2.18 bits per heavy atom. The molecule has 0 aromatic carbocycles. The van der Waals surface area contributed by atoms with Gasteiger partial charge in [0.2, 0.25) is 0 Å². The Labute approximate surface area is 68.3 Å². The van der Waals surface area contributed by atoms with Crippen molar-refractivity contribution >= 4 is 5.71 Å². The van der Waals surface area contributed by atoms with Crippen LogP contribution in [0.2, 0.25) is 0 Å². The minimum Gasteiger partial charge on any atom is -0.306 e. The third-order valence-corrected chi connectivity index (χ3v) is 1.96. The molecule has 2 heteroatoms. The summed E-state index contributed by atoms with van der Waals surface area (Å²) in [5, 5.41) is 0. The van der Waals surface area contributed by atoms with Gasteiger partial charge in [-0.05, 0) is 19.9 Å². The smallest absolute Gasteiger partial charge is 0.0994 e. The average Bonchev–Trinajstić information content (AvgIpc) is 2.04. The third-order valence-electron chi connectivity index (χ3n) is 1.96. The van der Waals surface area contributed by atoms with Gasteiger partial charge in [-0.25, -0.2) is 0 Å². The molecule has 0 amide bonds. The van der Waals surface area contributed by atoms with Gasteiger partial charge in [0.05, 0.1) is 6.54 Å². The fraction of sp³-hybridized carbons (Fsp3) is 0.667. The molecule has 1 saturated heterocycles. The zero-order valence-corrected chi connectivity index (χ0v) is 7.01. The Morgan fingerprint density at radius 1 is 1.55 bits per heavy atom. The predicted octanol–water partition coefficient (Wildman–Crippen LogP) is 0.786. The summed E-state index contributed by atoms with van der Waals surface area (Å²) < 4.78 is 0. The zero-order chi connectivity index (χ0) is 8.10. The number of hydrogen-bond acceptors (Lipinski definition) is 2. The van der Waals surface area contributed by atoms with Gasteiger partial charge < -0.3 is 4.90 Å². The number of hydrogen-bond donors (Lipinski definition) is 0. The van der Waals surface area contributed by atoms with Crippen LogP contribution in [0.1, 0.15) is 12.8 Å². The molecule has 0 bridgehead atoms. The van der Waals surface area contributed by atoms with E-state index in [1.165, 1.54) is 5.71 Å². The van der Waals surface area contributed by atoms with Gasteiger partial charge in [0.25, 0.3) is 0 Å². The maximum atomic E-state index is 5.11. The Kier molecular flexibility index (Phi) is 3.13. The Morgan fingerprint density at radius 3 is 2.73 bits per heavy atom. The number of piperidine rings is 1. The van der Waals surface area contributed by atoms with Crippen molar-refractivity contribution in [3.05, 3.63) is 0 Å². The number of likely N-dealkylation sites (tertiary alicyclic amines) is 1. The topological polar surface area (TPSA) is 15.6 Å². The first-order valence-electron chi connectivity index (χ1n) is 3.97. The summed E-state index contributed by atoms with van der Waals surface area (Å²) in [5.74, 6) is 2.53. The molecule has 0 aromatic heterocycles. The number of rotatable bonds is 1. The Balaban J connectivity index is 2.34. The monoisotopic (exact) mass is 150 g/mol. The van der Waals surface area contributed by atoms with Crippen LogP contribution in [0.5, 0.6) is 0 Å². The van der Waals surface area contributed by atoms with Gasteiger partial charge in [0.1, 0.15) is 0 Å². The van der Waals surface area contributed by atoms with E-state index in [4.69, 9.17) is 6.42 Å². The van der Waals surface area contributed by atoms with Crippen LogP contribution in [0.15, 0.2) is 4.99 Å². The minimum atomic E-state index is 0.555. The molecule has 0 unspecified atom stereocenters. The van der Waals surface area contributed by atoms with Gasteiger partial charge in [-0.1, -0.05) is 5.92 Å². The average molecular weight is 150 g/mol. The number of aliphatic imine (C=N–C) groups is 1. The lowest BCUT2D eigenvalue weighted by atomic mass is 10.1. The molecule has 0 atom stereocenters. The summed E-state index contributed by atoms with van der Waals surface area (Å²) >= 11 is 0. The van der Waals surface area contributed by atoms with Crippen molar-refractivity contribution in [2.24, 2.45) is 4.99 Å². The van der Waals surface area contributed by atoms with E-state index in [-0.39, 0.29) is 0 Å². The molecule has 1 rings (SSSR count). The lowest BCUT2D eigenvalue weighted by Crippen LogP contribution is -2.30. The van der Waals surface area contributed by atoms with Crippen molar-refractivity contribution in [3.8, 4) is 12.3 Å². The summed E-state index contributed by atoms with van der Waals surface area (Å²) in [7, 11) is 2.14. The molecular weight excluding hydrogens is 136 g/mol. The normalized spacial score (nSPS) is 19.5. The van der Waals surface area contributed by atoms with Gasteiger partial charge in [0.15, 0.2) is 0 Å². The summed E-state index contributed by atoms with van der Waals surface area (Å²) in [6.45, 7) is 2.81. The van der Waals surface area contributed by atoms with Crippen LogP contribution in [0.3, 0.4) is 0 Å². The lowest BCUT2D eigenvalue weighted by Gasteiger charge is -2.22. The van der Waals surface area contributed by atoms with E-state index in [0.717, 1.165) is 25.9 Å². The Bertz CT molecular complexity index is 178. The van der Waals surface area contributed by atoms with Crippen LogP contribution >= 0.6 is 0 Å². The van der Waals surface area contributed by atoms with E-state index in [0.29, 0.717) is 6.54 Å². The molecule has 2 nitrogen and oxygen atoms in total. The number of terminal acetylenes is 1. The summed E-state index contributed by atoms with van der Waals surface area (Å²) in [4.78, 5) is 6.60. The summed E-state index contributed by atoms with van der Waals surface area (Å²) in [6, 6.07) is 0. The molecule has 0 radical (unpaired) electrons. The van der Waals surface area contributed by atoms with Crippen LogP contribution in [-0.4, -0.2) is 37.3 Å². The molecule has 0 saturated carbocycles. The molecule has 1 heterocycles. The lowest BCUT2D eigenvalue weighted by molar-refractivity contribution is 0.336. The van der Waals surface area contributed by atoms with Crippen LogP contribution in [0, 0.1) is 12.3 Å². The second-order valence-corrected chi connectivity index (χ2v) is 2.89. The van der Waals surface area contributed by atoms with Gasteiger partial charge >= 0.3 is 0 Å². The van der Waals surface area contributed by atoms with Gasteiger partial charge in [-0.2, -0.15) is 0 Å². The van der Waals surface area contributed by atoms with Crippen molar-refractivity contribution in [2.45, 2.75) is 12.8 Å². The molecule has 0 aromatic rings. The maximum Gasteiger partial charge on any atom is 0.0994 e. The molecule has 0 N–H and O–H groups in total. The molecule has 60 valence electrons. The van der Waals surface area contributed by atoms with Gasteiger partial charge in [-0.3, -0.25) is 4.99 Å². The van der Waals surface area contributed by atoms with E-state index in [9.17, 15) is 0 Å². The van der Waals surface area contributed by atoms with Crippen molar-refractivity contribution in [2.75, 3.05) is 26.7 Å². The van der Waals surface area contributed by atoms with E-state index in [2.05, 4.69) is 22.9 Å². The molecule has 11 heavy (non-hydrogen) atoms. The predicted molar refractivity (Wildman–Crippen MR) is 47.9 cm³/mol. The van der Waals surface area contributed by atoms with Crippen LogP contribution in [0.25, 0.3) is 0 Å². The molecule has 1 aliphatic heterocycles. The van der Waals surface area contributed by atoms with E-state index < -0.39 is 0 Å². The molecule has 1 aliphatic rings. The standard InChI is InChI=1S/C9H14N2/c1-3-6-10-9-4-7-11(2)8-5-9/h1H,4-8H2,2H3. The molecular formula is C9H14N2. The zero-order valence-electron chi connectivity index (χ0n) is 7.01. The van der Waals surface area contributed by atoms with Crippen molar-refractivity contribution in [1.29, 1.82) is 0 Å². The second kappa shape index (κ2) is 4.15. The minimum absolute atomic E-state index is 0.555.